The molecular formula is C44H54N4O5. The smallest absolute Gasteiger partial charge is 0.232 e. The molecule has 0 saturated carbocycles. The van der Waals surface area contributed by atoms with E-state index in [0.717, 1.165) is 74.4 Å². The van der Waals surface area contributed by atoms with Crippen molar-refractivity contribution >= 4 is 11.8 Å². The second-order valence-electron chi connectivity index (χ2n) is 14.2. The minimum Gasteiger partial charge on any atom is -0.378 e. The van der Waals surface area contributed by atoms with E-state index in [2.05, 4.69) is 9.80 Å². The van der Waals surface area contributed by atoms with Gasteiger partial charge in [-0.3, -0.25) is 9.59 Å². The van der Waals surface area contributed by atoms with Gasteiger partial charge in [-0.2, -0.15) is 0 Å². The van der Waals surface area contributed by atoms with Crippen LogP contribution < -0.4 is 11.5 Å². The zero-order valence-electron chi connectivity index (χ0n) is 30.7. The molecule has 0 spiro atoms. The van der Waals surface area contributed by atoms with Crippen LogP contribution in [0.1, 0.15) is 35.1 Å². The summed E-state index contributed by atoms with van der Waals surface area (Å²) in [5.74, 6) is -0.491. The Bertz CT molecular complexity index is 1500. The van der Waals surface area contributed by atoms with Crippen molar-refractivity contribution in [3.8, 4) is 0 Å². The first-order chi connectivity index (χ1) is 26.0. The highest BCUT2D eigenvalue weighted by Gasteiger charge is 2.50. The number of amides is 2. The molecule has 4 aromatic carbocycles. The maximum Gasteiger partial charge on any atom is 0.232 e. The van der Waals surface area contributed by atoms with Crippen molar-refractivity contribution in [1.29, 1.82) is 0 Å². The number of nitrogens with zero attached hydrogens (tertiary/aromatic N) is 2. The molecule has 2 saturated heterocycles. The Hall–Kier alpha value is -4.38. The summed E-state index contributed by atoms with van der Waals surface area (Å²) in [7, 11) is 0. The summed E-state index contributed by atoms with van der Waals surface area (Å²) in [5.41, 5.74) is 14.5. The number of nitrogens with two attached hydrogens (primary N) is 2. The van der Waals surface area contributed by atoms with Crippen LogP contribution in [-0.2, 0) is 34.6 Å². The van der Waals surface area contributed by atoms with Gasteiger partial charge in [-0.25, -0.2) is 0 Å². The van der Waals surface area contributed by atoms with Crippen molar-refractivity contribution in [2.24, 2.45) is 23.3 Å². The number of hydrogen-bond acceptors (Lipinski definition) is 7. The van der Waals surface area contributed by atoms with Gasteiger partial charge >= 0.3 is 0 Å². The normalized spacial score (nSPS) is 18.3. The number of rotatable bonds is 20. The Morgan fingerprint density at radius 3 is 1.06 bits per heavy atom. The lowest BCUT2D eigenvalue weighted by atomic mass is 9.64. The Morgan fingerprint density at radius 2 is 0.774 bits per heavy atom. The van der Waals surface area contributed by atoms with Crippen LogP contribution in [0.4, 0.5) is 0 Å². The molecule has 6 rings (SSSR count). The standard InChI is InChI=1S/C44H54N4O5/c45-41(49)43(35-13-5-1-6-14-35,36-15-7-2-8-16-36)39-21-23-47(33-39)25-27-51-29-31-53-32-30-52-28-26-48-24-22-40(34-48)44(42(46)50,37-17-9-3-10-18-37)38-19-11-4-12-20-38/h1-20,39-40H,21-34H2,(H2,45,49)(H2,46,50). The van der Waals surface area contributed by atoms with E-state index >= 15 is 0 Å². The minimum absolute atomic E-state index is 0.0623. The van der Waals surface area contributed by atoms with Crippen LogP contribution >= 0.6 is 0 Å². The zero-order chi connectivity index (χ0) is 36.9. The lowest BCUT2D eigenvalue weighted by Gasteiger charge is -2.37. The van der Waals surface area contributed by atoms with Gasteiger partial charge in [0.15, 0.2) is 0 Å². The summed E-state index contributed by atoms with van der Waals surface area (Å²) in [5, 5.41) is 0. The lowest BCUT2D eigenvalue weighted by molar-refractivity contribution is -0.124. The van der Waals surface area contributed by atoms with E-state index in [1.807, 2.05) is 121 Å². The maximum absolute atomic E-state index is 13.3. The molecule has 2 amide bonds. The van der Waals surface area contributed by atoms with Crippen molar-refractivity contribution in [1.82, 2.24) is 9.80 Å². The molecule has 4 aromatic rings. The lowest BCUT2D eigenvalue weighted by Crippen LogP contribution is -2.49. The van der Waals surface area contributed by atoms with Gasteiger partial charge < -0.3 is 35.5 Å². The Labute approximate surface area is 314 Å². The minimum atomic E-state index is -0.882. The molecule has 53 heavy (non-hydrogen) atoms. The maximum atomic E-state index is 13.3. The monoisotopic (exact) mass is 718 g/mol. The van der Waals surface area contributed by atoms with E-state index in [-0.39, 0.29) is 23.7 Å². The first kappa shape index (κ1) is 38.3. The van der Waals surface area contributed by atoms with Gasteiger partial charge in [-0.05, 0) is 60.0 Å². The first-order valence-electron chi connectivity index (χ1n) is 19.0. The molecule has 0 bridgehead atoms. The van der Waals surface area contributed by atoms with Gasteiger partial charge in [0.25, 0.3) is 0 Å². The predicted octanol–water partition coefficient (Wildman–Crippen LogP) is 4.62. The van der Waals surface area contributed by atoms with E-state index in [1.165, 1.54) is 0 Å². The van der Waals surface area contributed by atoms with Crippen molar-refractivity contribution in [2.75, 3.05) is 78.9 Å². The van der Waals surface area contributed by atoms with Gasteiger partial charge in [0.1, 0.15) is 10.8 Å². The van der Waals surface area contributed by atoms with Crippen LogP contribution in [0.15, 0.2) is 121 Å². The van der Waals surface area contributed by atoms with E-state index in [1.54, 1.807) is 0 Å². The fourth-order valence-corrected chi connectivity index (χ4v) is 8.76. The molecule has 2 aliphatic heterocycles. The highest BCUT2D eigenvalue weighted by molar-refractivity contribution is 5.92. The fraction of sp³-hybridized carbons (Fsp3) is 0.409. The number of hydrogen-bond donors (Lipinski definition) is 2. The van der Waals surface area contributed by atoms with Crippen LogP contribution in [0, 0.1) is 11.8 Å². The highest BCUT2D eigenvalue weighted by atomic mass is 16.5. The summed E-state index contributed by atoms with van der Waals surface area (Å²) in [6, 6.07) is 39.9. The van der Waals surface area contributed by atoms with E-state index in [0.29, 0.717) is 39.6 Å². The number of carbonyl (C=O) groups excluding carboxylic acids is 2. The number of ether oxygens (including phenoxy) is 3. The summed E-state index contributed by atoms with van der Waals surface area (Å²) >= 11 is 0. The number of carbonyl (C=O) groups is 2. The summed E-state index contributed by atoms with van der Waals surface area (Å²) in [6.07, 6.45) is 1.76. The van der Waals surface area contributed by atoms with Gasteiger partial charge in [-0.1, -0.05) is 121 Å². The van der Waals surface area contributed by atoms with Crippen molar-refractivity contribution in [3.63, 3.8) is 0 Å². The fourth-order valence-electron chi connectivity index (χ4n) is 8.76. The van der Waals surface area contributed by atoms with Crippen molar-refractivity contribution < 1.29 is 23.8 Å². The van der Waals surface area contributed by atoms with Crippen molar-refractivity contribution in [3.05, 3.63) is 144 Å². The Morgan fingerprint density at radius 1 is 0.491 bits per heavy atom. The van der Waals surface area contributed by atoms with Gasteiger partial charge in [-0.15, -0.1) is 0 Å². The third kappa shape index (κ3) is 8.56. The SMILES string of the molecule is NC(=O)C(c1ccccc1)(c1ccccc1)C1CCN(CCOCCOCCOCCN2CCC(C(C(N)=O)(c3ccccc3)c3ccccc3)C2)C1. The summed E-state index contributed by atoms with van der Waals surface area (Å²) < 4.78 is 17.6. The Balaban J connectivity index is 0.875. The van der Waals surface area contributed by atoms with Crippen LogP contribution in [0.5, 0.6) is 0 Å². The van der Waals surface area contributed by atoms with Crippen LogP contribution in [0.2, 0.25) is 0 Å². The molecule has 0 aliphatic carbocycles. The molecule has 4 N–H and O–H groups in total. The molecule has 2 heterocycles. The summed E-state index contributed by atoms with van der Waals surface area (Å²) in [4.78, 5) is 31.4. The molecule has 2 atom stereocenters. The average molecular weight is 719 g/mol. The molecule has 9 heteroatoms. The van der Waals surface area contributed by atoms with Gasteiger partial charge in [0, 0.05) is 26.2 Å². The molecule has 280 valence electrons. The number of likely N-dealkylation sites (tertiary alicyclic amines) is 2. The van der Waals surface area contributed by atoms with E-state index in [9.17, 15) is 9.59 Å². The molecule has 2 aliphatic rings. The van der Waals surface area contributed by atoms with E-state index in [4.69, 9.17) is 25.7 Å². The molecule has 0 radical (unpaired) electrons. The third-order valence-corrected chi connectivity index (χ3v) is 11.3. The molecule has 0 aromatic heterocycles. The first-order valence-corrected chi connectivity index (χ1v) is 19.0. The average Bonchev–Trinajstić information content (AvgIpc) is 3.87. The van der Waals surface area contributed by atoms with Gasteiger partial charge in [0.2, 0.25) is 11.8 Å². The molecule has 2 fully saturated rings. The second kappa shape index (κ2) is 18.6. The molecule has 2 unspecified atom stereocenters. The number of primary amides is 2. The zero-order valence-corrected chi connectivity index (χ0v) is 30.7. The largest absolute Gasteiger partial charge is 0.378 e. The van der Waals surface area contributed by atoms with Crippen LogP contribution in [0.3, 0.4) is 0 Å². The topological polar surface area (TPSA) is 120 Å². The molecular weight excluding hydrogens is 665 g/mol. The molecule has 9 nitrogen and oxygen atoms in total. The predicted molar refractivity (Wildman–Crippen MR) is 207 cm³/mol. The van der Waals surface area contributed by atoms with E-state index < -0.39 is 10.8 Å². The van der Waals surface area contributed by atoms with Crippen LogP contribution in [-0.4, -0.2) is 101 Å². The highest BCUT2D eigenvalue weighted by Crippen LogP contribution is 2.45. The second-order valence-corrected chi connectivity index (χ2v) is 14.2. The quantitative estimate of drug-likeness (QED) is 0.128. The Kier molecular flexibility index (Phi) is 13.4. The van der Waals surface area contributed by atoms with Crippen molar-refractivity contribution in [2.45, 2.75) is 23.7 Å². The number of benzene rings is 4. The summed E-state index contributed by atoms with van der Waals surface area (Å²) in [6.45, 7) is 8.10. The van der Waals surface area contributed by atoms with Crippen LogP contribution in [0.25, 0.3) is 0 Å². The third-order valence-electron chi connectivity index (χ3n) is 11.3. The van der Waals surface area contributed by atoms with Gasteiger partial charge in [0.05, 0.1) is 39.6 Å².